The molecular weight excluding hydrogens is 354 g/mol. The lowest BCUT2D eigenvalue weighted by Crippen LogP contribution is -2.38. The first-order chi connectivity index (χ1) is 12.3. The Bertz CT molecular complexity index is 770. The van der Waals surface area contributed by atoms with E-state index in [1.165, 1.54) is 12.1 Å². The molecule has 1 heterocycles. The number of amides is 2. The lowest BCUT2D eigenvalue weighted by Gasteiger charge is -2.18. The summed E-state index contributed by atoms with van der Waals surface area (Å²) in [5, 5.41) is 8.15. The molecule has 1 saturated heterocycles. The largest absolute Gasteiger partial charge is 0.353 e. The molecule has 1 aromatic rings. The van der Waals surface area contributed by atoms with Crippen molar-refractivity contribution in [1.29, 1.82) is 0 Å². The number of benzene rings is 1. The van der Waals surface area contributed by atoms with Crippen molar-refractivity contribution >= 4 is 21.8 Å². The first-order valence-electron chi connectivity index (χ1n) is 9.03. The minimum Gasteiger partial charge on any atom is -0.353 e. The number of hydrogen-bond donors (Lipinski definition) is 2. The van der Waals surface area contributed by atoms with Crippen LogP contribution in [0.25, 0.3) is 0 Å². The average molecular weight is 379 g/mol. The minimum atomic E-state index is -3.69. The number of nitrogens with one attached hydrogen (secondary N) is 1. The molecule has 26 heavy (non-hydrogen) atoms. The predicted octanol–water partition coefficient (Wildman–Crippen LogP) is 0.784. The molecule has 1 saturated carbocycles. The van der Waals surface area contributed by atoms with E-state index in [4.69, 9.17) is 5.14 Å². The Morgan fingerprint density at radius 1 is 1.19 bits per heavy atom. The van der Waals surface area contributed by atoms with Gasteiger partial charge in [-0.1, -0.05) is 25.0 Å². The Labute approximate surface area is 154 Å². The smallest absolute Gasteiger partial charge is 0.238 e. The van der Waals surface area contributed by atoms with Gasteiger partial charge >= 0.3 is 0 Å². The molecule has 0 aromatic heterocycles. The van der Waals surface area contributed by atoms with Crippen LogP contribution in [0.2, 0.25) is 0 Å². The first kappa shape index (κ1) is 18.8. The number of rotatable bonds is 6. The van der Waals surface area contributed by atoms with Gasteiger partial charge in [-0.25, -0.2) is 13.6 Å². The van der Waals surface area contributed by atoms with Gasteiger partial charge in [-0.05, 0) is 37.0 Å². The highest BCUT2D eigenvalue weighted by Crippen LogP contribution is 2.22. The van der Waals surface area contributed by atoms with Crippen molar-refractivity contribution in [2.45, 2.75) is 49.5 Å². The maximum atomic E-state index is 12.3. The summed E-state index contributed by atoms with van der Waals surface area (Å²) in [4.78, 5) is 26.3. The van der Waals surface area contributed by atoms with Crippen molar-refractivity contribution in [3.63, 3.8) is 0 Å². The van der Waals surface area contributed by atoms with Crippen LogP contribution in [0.5, 0.6) is 0 Å². The van der Waals surface area contributed by atoms with Gasteiger partial charge in [0.2, 0.25) is 21.8 Å². The van der Waals surface area contributed by atoms with Crippen molar-refractivity contribution < 1.29 is 18.0 Å². The van der Waals surface area contributed by atoms with E-state index < -0.39 is 10.0 Å². The SMILES string of the molecule is NS(=O)(=O)c1ccc(CCN2CC(C(=O)NC3CCCC3)CC2=O)cc1. The van der Waals surface area contributed by atoms with Crippen LogP contribution < -0.4 is 10.5 Å². The van der Waals surface area contributed by atoms with Crippen LogP contribution in [0.4, 0.5) is 0 Å². The van der Waals surface area contributed by atoms with Gasteiger partial charge in [0.05, 0.1) is 10.8 Å². The Hall–Kier alpha value is -1.93. The van der Waals surface area contributed by atoms with Crippen LogP contribution in [-0.2, 0) is 26.0 Å². The summed E-state index contributed by atoms with van der Waals surface area (Å²) in [6, 6.07) is 6.60. The standard InChI is InChI=1S/C18H25N3O4S/c19-26(24,25)16-7-5-13(6-8-16)9-10-21-12-14(11-17(21)22)18(23)20-15-3-1-2-4-15/h5-8,14-15H,1-4,9-12H2,(H,20,23)(H2,19,24,25). The number of primary sulfonamides is 1. The molecular formula is C18H25N3O4S. The third kappa shape index (κ3) is 4.62. The molecule has 1 aliphatic carbocycles. The summed E-state index contributed by atoms with van der Waals surface area (Å²) in [7, 11) is -3.69. The van der Waals surface area contributed by atoms with E-state index in [1.807, 2.05) is 0 Å². The second kappa shape index (κ2) is 7.75. The van der Waals surface area contributed by atoms with Crippen LogP contribution in [-0.4, -0.2) is 44.3 Å². The lowest BCUT2D eigenvalue weighted by atomic mass is 10.1. The monoisotopic (exact) mass is 379 g/mol. The van der Waals surface area contributed by atoms with E-state index in [0.29, 0.717) is 19.5 Å². The van der Waals surface area contributed by atoms with E-state index in [2.05, 4.69) is 5.32 Å². The first-order valence-corrected chi connectivity index (χ1v) is 10.6. The fraction of sp³-hybridized carbons (Fsp3) is 0.556. The van der Waals surface area contributed by atoms with Gasteiger partial charge in [-0.2, -0.15) is 0 Å². The molecule has 2 amide bonds. The molecule has 7 nitrogen and oxygen atoms in total. The number of carbonyl (C=O) groups is 2. The number of likely N-dealkylation sites (tertiary alicyclic amines) is 1. The van der Waals surface area contributed by atoms with Crippen molar-refractivity contribution in [1.82, 2.24) is 10.2 Å². The zero-order chi connectivity index (χ0) is 18.7. The van der Waals surface area contributed by atoms with Crippen LogP contribution in [0.1, 0.15) is 37.7 Å². The average Bonchev–Trinajstić information content (AvgIpc) is 3.22. The highest BCUT2D eigenvalue weighted by atomic mass is 32.2. The van der Waals surface area contributed by atoms with Gasteiger partial charge in [-0.3, -0.25) is 9.59 Å². The van der Waals surface area contributed by atoms with Crippen LogP contribution >= 0.6 is 0 Å². The van der Waals surface area contributed by atoms with E-state index in [-0.39, 0.29) is 35.1 Å². The Kier molecular flexibility index (Phi) is 5.62. The molecule has 1 aromatic carbocycles. The number of carbonyl (C=O) groups excluding carboxylic acids is 2. The lowest BCUT2D eigenvalue weighted by molar-refractivity contribution is -0.129. The molecule has 0 bridgehead atoms. The summed E-state index contributed by atoms with van der Waals surface area (Å²) < 4.78 is 22.5. The summed E-state index contributed by atoms with van der Waals surface area (Å²) >= 11 is 0. The Balaban J connectivity index is 1.50. The summed E-state index contributed by atoms with van der Waals surface area (Å²) in [5.74, 6) is -0.282. The number of nitrogens with two attached hydrogens (primary N) is 1. The van der Waals surface area contributed by atoms with Crippen LogP contribution in [0, 0.1) is 5.92 Å². The molecule has 1 aliphatic heterocycles. The number of hydrogen-bond acceptors (Lipinski definition) is 4. The second-order valence-corrected chi connectivity index (χ2v) is 8.73. The van der Waals surface area contributed by atoms with E-state index in [9.17, 15) is 18.0 Å². The minimum absolute atomic E-state index is 0.00210. The number of nitrogens with zero attached hydrogens (tertiary/aromatic N) is 1. The van der Waals surface area contributed by atoms with Gasteiger partial charge < -0.3 is 10.2 Å². The fourth-order valence-electron chi connectivity index (χ4n) is 3.66. The van der Waals surface area contributed by atoms with Gasteiger partial charge in [0.25, 0.3) is 0 Å². The highest BCUT2D eigenvalue weighted by molar-refractivity contribution is 7.89. The zero-order valence-electron chi connectivity index (χ0n) is 14.7. The molecule has 2 aliphatic rings. The summed E-state index contributed by atoms with van der Waals surface area (Å²) in [6.07, 6.45) is 5.25. The molecule has 8 heteroatoms. The second-order valence-electron chi connectivity index (χ2n) is 7.17. The molecule has 142 valence electrons. The normalized spacial score (nSPS) is 21.3. The number of sulfonamides is 1. The fourth-order valence-corrected chi connectivity index (χ4v) is 4.18. The molecule has 1 unspecified atom stereocenters. The summed E-state index contributed by atoms with van der Waals surface area (Å²) in [6.45, 7) is 0.966. The Morgan fingerprint density at radius 3 is 2.46 bits per heavy atom. The highest BCUT2D eigenvalue weighted by Gasteiger charge is 2.34. The summed E-state index contributed by atoms with van der Waals surface area (Å²) in [5.41, 5.74) is 0.920. The van der Waals surface area contributed by atoms with Gasteiger partial charge in [0.15, 0.2) is 0 Å². The third-order valence-electron chi connectivity index (χ3n) is 5.21. The quantitative estimate of drug-likeness (QED) is 0.761. The predicted molar refractivity (Wildman–Crippen MR) is 96.6 cm³/mol. The van der Waals surface area contributed by atoms with Gasteiger partial charge in [0, 0.05) is 25.6 Å². The van der Waals surface area contributed by atoms with Crippen molar-refractivity contribution in [2.75, 3.05) is 13.1 Å². The molecule has 3 N–H and O–H groups in total. The van der Waals surface area contributed by atoms with Crippen molar-refractivity contribution in [3.8, 4) is 0 Å². The Morgan fingerprint density at radius 2 is 1.85 bits per heavy atom. The molecule has 2 fully saturated rings. The van der Waals surface area contributed by atoms with Gasteiger partial charge in [0.1, 0.15) is 0 Å². The van der Waals surface area contributed by atoms with E-state index >= 15 is 0 Å². The van der Waals surface area contributed by atoms with Gasteiger partial charge in [-0.15, -0.1) is 0 Å². The van der Waals surface area contributed by atoms with Crippen molar-refractivity contribution in [3.05, 3.63) is 29.8 Å². The molecule has 1 atom stereocenters. The zero-order valence-corrected chi connectivity index (χ0v) is 15.5. The maximum Gasteiger partial charge on any atom is 0.238 e. The van der Waals surface area contributed by atoms with Crippen LogP contribution in [0.15, 0.2) is 29.2 Å². The maximum absolute atomic E-state index is 12.3. The van der Waals surface area contributed by atoms with E-state index in [1.54, 1.807) is 17.0 Å². The van der Waals surface area contributed by atoms with Crippen LogP contribution in [0.3, 0.4) is 0 Å². The topological polar surface area (TPSA) is 110 Å². The molecule has 0 radical (unpaired) electrons. The third-order valence-corrected chi connectivity index (χ3v) is 6.14. The van der Waals surface area contributed by atoms with Crippen molar-refractivity contribution in [2.24, 2.45) is 11.1 Å². The molecule has 0 spiro atoms. The van der Waals surface area contributed by atoms with E-state index in [0.717, 1.165) is 31.2 Å². The molecule has 3 rings (SSSR count).